The second-order valence-electron chi connectivity index (χ2n) is 3.65. The predicted octanol–water partition coefficient (Wildman–Crippen LogP) is 3.47. The van der Waals surface area contributed by atoms with Gasteiger partial charge in [-0.3, -0.25) is 4.79 Å². The summed E-state index contributed by atoms with van der Waals surface area (Å²) in [5.41, 5.74) is 0. The average Bonchev–Trinajstić information content (AvgIpc) is 2.41. The number of ether oxygens (including phenoxy) is 1. The number of nitrogens with zero attached hydrogens (tertiary/aromatic N) is 1. The standard InChI is InChI=1S/C13H10BrIN2O2/c14-9-1-4-11(5-2-9)19-8-13(18)17-12-6-3-10(15)7-16-12/h1-7H,8H2,(H,16,17,18). The summed E-state index contributed by atoms with van der Waals surface area (Å²) >= 11 is 5.49. The summed E-state index contributed by atoms with van der Waals surface area (Å²) in [4.78, 5) is 15.7. The van der Waals surface area contributed by atoms with Crippen LogP contribution in [0.4, 0.5) is 5.82 Å². The average molecular weight is 433 g/mol. The van der Waals surface area contributed by atoms with Crippen molar-refractivity contribution < 1.29 is 9.53 Å². The third kappa shape index (κ3) is 4.79. The summed E-state index contributed by atoms with van der Waals surface area (Å²) < 4.78 is 7.34. The molecule has 1 heterocycles. The van der Waals surface area contributed by atoms with Crippen molar-refractivity contribution in [1.82, 2.24) is 4.98 Å². The summed E-state index contributed by atoms with van der Waals surface area (Å²) in [5, 5.41) is 2.66. The van der Waals surface area contributed by atoms with Crippen LogP contribution >= 0.6 is 38.5 Å². The molecule has 19 heavy (non-hydrogen) atoms. The molecule has 2 aromatic rings. The van der Waals surface area contributed by atoms with E-state index in [0.717, 1.165) is 8.04 Å². The minimum Gasteiger partial charge on any atom is -0.484 e. The molecule has 0 bridgehead atoms. The third-order valence-corrected chi connectivity index (χ3v) is 3.35. The number of carbonyl (C=O) groups excluding carboxylic acids is 1. The van der Waals surface area contributed by atoms with Gasteiger partial charge in [-0.15, -0.1) is 0 Å². The Morgan fingerprint density at radius 1 is 1.26 bits per heavy atom. The van der Waals surface area contributed by atoms with Crippen molar-refractivity contribution in [3.63, 3.8) is 0 Å². The van der Waals surface area contributed by atoms with Gasteiger partial charge in [0.1, 0.15) is 11.6 Å². The van der Waals surface area contributed by atoms with Gasteiger partial charge in [-0.25, -0.2) is 4.98 Å². The molecule has 0 aliphatic rings. The zero-order valence-electron chi connectivity index (χ0n) is 9.77. The number of anilines is 1. The van der Waals surface area contributed by atoms with Crippen LogP contribution in [-0.2, 0) is 4.79 Å². The fourth-order valence-corrected chi connectivity index (χ4v) is 1.89. The minimum atomic E-state index is -0.239. The van der Waals surface area contributed by atoms with E-state index in [0.29, 0.717) is 11.6 Å². The van der Waals surface area contributed by atoms with Crippen molar-refractivity contribution in [2.45, 2.75) is 0 Å². The van der Waals surface area contributed by atoms with Gasteiger partial charge in [-0.1, -0.05) is 15.9 Å². The molecule has 0 fully saturated rings. The Morgan fingerprint density at radius 3 is 2.63 bits per heavy atom. The first kappa shape index (κ1) is 14.3. The van der Waals surface area contributed by atoms with Crippen LogP contribution in [-0.4, -0.2) is 17.5 Å². The number of hydrogen-bond acceptors (Lipinski definition) is 3. The number of halogens is 2. The summed E-state index contributed by atoms with van der Waals surface area (Å²) in [6.45, 7) is -0.0463. The van der Waals surface area contributed by atoms with Crippen LogP contribution in [0.25, 0.3) is 0 Å². The lowest BCUT2D eigenvalue weighted by molar-refractivity contribution is -0.118. The van der Waals surface area contributed by atoms with Crippen LogP contribution in [0.15, 0.2) is 47.1 Å². The van der Waals surface area contributed by atoms with Crippen molar-refractivity contribution in [1.29, 1.82) is 0 Å². The van der Waals surface area contributed by atoms with E-state index in [1.165, 1.54) is 0 Å². The predicted molar refractivity (Wildman–Crippen MR) is 85.2 cm³/mol. The number of carbonyl (C=O) groups is 1. The van der Waals surface area contributed by atoms with Gasteiger partial charge >= 0.3 is 0 Å². The van der Waals surface area contributed by atoms with Crippen molar-refractivity contribution in [3.8, 4) is 5.75 Å². The molecular formula is C13H10BrIN2O2. The highest BCUT2D eigenvalue weighted by molar-refractivity contribution is 14.1. The number of pyridine rings is 1. The normalized spacial score (nSPS) is 10.0. The number of benzene rings is 1. The molecule has 0 aliphatic heterocycles. The fourth-order valence-electron chi connectivity index (χ4n) is 1.31. The topological polar surface area (TPSA) is 51.2 Å². The summed E-state index contributed by atoms with van der Waals surface area (Å²) in [6.07, 6.45) is 1.69. The molecule has 4 nitrogen and oxygen atoms in total. The second-order valence-corrected chi connectivity index (χ2v) is 5.81. The molecule has 0 atom stereocenters. The SMILES string of the molecule is O=C(COc1ccc(Br)cc1)Nc1ccc(I)cn1. The van der Waals surface area contributed by atoms with Gasteiger partial charge in [0.2, 0.25) is 0 Å². The zero-order valence-corrected chi connectivity index (χ0v) is 13.5. The number of aromatic nitrogens is 1. The smallest absolute Gasteiger partial charge is 0.263 e. The Labute approximate surface area is 132 Å². The number of rotatable bonds is 4. The van der Waals surface area contributed by atoms with Crippen molar-refractivity contribution in [2.75, 3.05) is 11.9 Å². The highest BCUT2D eigenvalue weighted by atomic mass is 127. The number of amides is 1. The van der Waals surface area contributed by atoms with E-state index in [9.17, 15) is 4.79 Å². The van der Waals surface area contributed by atoms with E-state index in [-0.39, 0.29) is 12.5 Å². The van der Waals surface area contributed by atoms with E-state index < -0.39 is 0 Å². The first-order chi connectivity index (χ1) is 9.13. The van der Waals surface area contributed by atoms with Crippen LogP contribution in [0.3, 0.4) is 0 Å². The van der Waals surface area contributed by atoms with E-state index in [1.54, 1.807) is 24.4 Å². The molecule has 1 amide bonds. The molecule has 6 heteroatoms. The Bertz CT molecular complexity index is 558. The largest absolute Gasteiger partial charge is 0.484 e. The van der Waals surface area contributed by atoms with Gasteiger partial charge in [0.15, 0.2) is 6.61 Å². The first-order valence-corrected chi connectivity index (χ1v) is 7.30. The van der Waals surface area contributed by atoms with Crippen molar-refractivity contribution in [2.24, 2.45) is 0 Å². The maximum atomic E-state index is 11.7. The van der Waals surface area contributed by atoms with Crippen LogP contribution in [0.2, 0.25) is 0 Å². The molecule has 2 rings (SSSR count). The van der Waals surface area contributed by atoms with E-state index in [4.69, 9.17) is 4.74 Å². The molecule has 98 valence electrons. The highest BCUT2D eigenvalue weighted by Crippen LogP contribution is 2.16. The first-order valence-electron chi connectivity index (χ1n) is 5.43. The van der Waals surface area contributed by atoms with Gasteiger partial charge in [0.05, 0.1) is 0 Å². The van der Waals surface area contributed by atoms with Gasteiger partial charge in [0.25, 0.3) is 5.91 Å². The maximum absolute atomic E-state index is 11.7. The second kappa shape index (κ2) is 6.85. The lowest BCUT2D eigenvalue weighted by Gasteiger charge is -2.07. The van der Waals surface area contributed by atoms with Crippen molar-refractivity contribution in [3.05, 3.63) is 50.6 Å². The van der Waals surface area contributed by atoms with E-state index in [2.05, 4.69) is 48.8 Å². The molecule has 0 aliphatic carbocycles. The summed E-state index contributed by atoms with van der Waals surface area (Å²) in [5.74, 6) is 0.926. The minimum absolute atomic E-state index is 0.0463. The molecule has 1 aromatic carbocycles. The molecule has 1 aromatic heterocycles. The number of hydrogen-bond donors (Lipinski definition) is 1. The Kier molecular flexibility index (Phi) is 5.15. The van der Waals surface area contributed by atoms with Gasteiger partial charge in [0, 0.05) is 14.2 Å². The highest BCUT2D eigenvalue weighted by Gasteiger charge is 2.04. The molecule has 0 spiro atoms. The summed E-state index contributed by atoms with van der Waals surface area (Å²) in [6, 6.07) is 10.9. The summed E-state index contributed by atoms with van der Waals surface area (Å²) in [7, 11) is 0. The molecule has 0 radical (unpaired) electrons. The molecule has 0 unspecified atom stereocenters. The zero-order chi connectivity index (χ0) is 13.7. The Balaban J connectivity index is 1.84. The van der Waals surface area contributed by atoms with Gasteiger partial charge in [-0.2, -0.15) is 0 Å². The lowest BCUT2D eigenvalue weighted by Crippen LogP contribution is -2.20. The van der Waals surface area contributed by atoms with E-state index >= 15 is 0 Å². The van der Waals surface area contributed by atoms with Gasteiger partial charge in [-0.05, 0) is 59.0 Å². The van der Waals surface area contributed by atoms with Crippen LogP contribution in [0.5, 0.6) is 5.75 Å². The van der Waals surface area contributed by atoms with Crippen LogP contribution in [0.1, 0.15) is 0 Å². The lowest BCUT2D eigenvalue weighted by atomic mass is 10.3. The van der Waals surface area contributed by atoms with Crippen LogP contribution in [0, 0.1) is 3.57 Å². The molecule has 0 saturated carbocycles. The maximum Gasteiger partial charge on any atom is 0.263 e. The Morgan fingerprint density at radius 2 is 2.00 bits per heavy atom. The number of nitrogens with one attached hydrogen (secondary N) is 1. The van der Waals surface area contributed by atoms with Crippen molar-refractivity contribution >= 4 is 50.2 Å². The third-order valence-electron chi connectivity index (χ3n) is 2.18. The molecule has 1 N–H and O–H groups in total. The van der Waals surface area contributed by atoms with E-state index in [1.807, 2.05) is 18.2 Å². The molecule has 0 saturated heterocycles. The quantitative estimate of drug-likeness (QED) is 0.752. The van der Waals surface area contributed by atoms with Gasteiger partial charge < -0.3 is 10.1 Å². The fraction of sp³-hybridized carbons (Fsp3) is 0.0769. The molecular weight excluding hydrogens is 423 g/mol. The van der Waals surface area contributed by atoms with Crippen LogP contribution < -0.4 is 10.1 Å². The Hall–Kier alpha value is -1.15. The monoisotopic (exact) mass is 432 g/mol.